The zero-order valence-electron chi connectivity index (χ0n) is 18.8. The van der Waals surface area contributed by atoms with E-state index in [4.69, 9.17) is 0 Å². The van der Waals surface area contributed by atoms with Crippen LogP contribution in [0.4, 0.5) is 11.4 Å². The smallest absolute Gasteiger partial charge is 0.262 e. The Labute approximate surface area is 204 Å². The van der Waals surface area contributed by atoms with Crippen LogP contribution in [0, 0.1) is 13.8 Å². The van der Waals surface area contributed by atoms with E-state index in [1.165, 1.54) is 6.07 Å². The van der Waals surface area contributed by atoms with Gasteiger partial charge in [0.05, 0.1) is 10.6 Å². The predicted octanol–water partition coefficient (Wildman–Crippen LogP) is 6.51. The molecular formula is C27H24N2O3S2. The van der Waals surface area contributed by atoms with Gasteiger partial charge in [0.15, 0.2) is 0 Å². The number of aryl methyl sites for hydroxylation is 2. The van der Waals surface area contributed by atoms with Gasteiger partial charge in [-0.25, -0.2) is 8.42 Å². The van der Waals surface area contributed by atoms with E-state index in [1.807, 2.05) is 73.7 Å². The van der Waals surface area contributed by atoms with Gasteiger partial charge in [-0.2, -0.15) is 0 Å². The minimum atomic E-state index is -3.87. The van der Waals surface area contributed by atoms with Crippen LogP contribution >= 0.6 is 11.8 Å². The predicted molar refractivity (Wildman–Crippen MR) is 138 cm³/mol. The topological polar surface area (TPSA) is 75.3 Å². The molecule has 0 spiro atoms. The van der Waals surface area contributed by atoms with Crippen molar-refractivity contribution in [3.63, 3.8) is 0 Å². The lowest BCUT2D eigenvalue weighted by molar-refractivity contribution is 0.102. The van der Waals surface area contributed by atoms with Gasteiger partial charge in [-0.05, 0) is 67.9 Å². The maximum absolute atomic E-state index is 13.1. The first-order chi connectivity index (χ1) is 16.3. The van der Waals surface area contributed by atoms with Crippen molar-refractivity contribution >= 4 is 39.1 Å². The summed E-state index contributed by atoms with van der Waals surface area (Å²) in [6.07, 6.45) is 0. The van der Waals surface area contributed by atoms with Crippen LogP contribution in [0.5, 0.6) is 0 Å². The van der Waals surface area contributed by atoms with Gasteiger partial charge >= 0.3 is 0 Å². The molecule has 0 aliphatic rings. The van der Waals surface area contributed by atoms with E-state index in [-0.39, 0.29) is 16.4 Å². The maximum Gasteiger partial charge on any atom is 0.262 e. The van der Waals surface area contributed by atoms with Crippen molar-refractivity contribution in [1.82, 2.24) is 0 Å². The summed E-state index contributed by atoms with van der Waals surface area (Å²) in [6, 6.07) is 29.2. The van der Waals surface area contributed by atoms with Crippen LogP contribution in [0.3, 0.4) is 0 Å². The monoisotopic (exact) mass is 488 g/mol. The molecule has 0 heterocycles. The second kappa shape index (κ2) is 10.2. The third kappa shape index (κ3) is 5.68. The fourth-order valence-corrected chi connectivity index (χ4v) is 5.58. The molecule has 4 aromatic carbocycles. The molecule has 4 aromatic rings. The summed E-state index contributed by atoms with van der Waals surface area (Å²) in [5, 5.41) is 2.93. The number of rotatable bonds is 7. The summed E-state index contributed by atoms with van der Waals surface area (Å²) in [7, 11) is -3.87. The Morgan fingerprint density at radius 3 is 2.21 bits per heavy atom. The molecular weight excluding hydrogens is 464 g/mol. The summed E-state index contributed by atoms with van der Waals surface area (Å²) >= 11 is 1.54. The molecule has 0 radical (unpaired) electrons. The van der Waals surface area contributed by atoms with E-state index in [2.05, 4.69) is 10.0 Å². The maximum atomic E-state index is 13.1. The van der Waals surface area contributed by atoms with Crippen LogP contribution in [0.1, 0.15) is 21.5 Å². The number of sulfonamides is 1. The fourth-order valence-electron chi connectivity index (χ4n) is 3.33. The molecule has 172 valence electrons. The molecule has 0 atom stereocenters. The van der Waals surface area contributed by atoms with Gasteiger partial charge in [0.1, 0.15) is 0 Å². The lowest BCUT2D eigenvalue weighted by Crippen LogP contribution is -2.17. The van der Waals surface area contributed by atoms with E-state index in [0.29, 0.717) is 16.9 Å². The number of hydrogen-bond acceptors (Lipinski definition) is 4. The normalized spacial score (nSPS) is 11.1. The highest BCUT2D eigenvalue weighted by molar-refractivity contribution is 7.99. The first kappa shape index (κ1) is 23.6. The second-order valence-electron chi connectivity index (χ2n) is 7.82. The summed E-state index contributed by atoms with van der Waals surface area (Å²) in [4.78, 5) is 15.1. The number of para-hydroxylation sites is 1. The molecule has 0 aromatic heterocycles. The van der Waals surface area contributed by atoms with Crippen LogP contribution in [0.15, 0.2) is 112 Å². The highest BCUT2D eigenvalue weighted by Gasteiger charge is 2.20. The summed E-state index contributed by atoms with van der Waals surface area (Å²) in [6.45, 7) is 3.64. The molecule has 0 unspecified atom stereocenters. The molecule has 0 saturated carbocycles. The van der Waals surface area contributed by atoms with Crippen molar-refractivity contribution in [2.45, 2.75) is 28.5 Å². The zero-order valence-corrected chi connectivity index (χ0v) is 20.4. The van der Waals surface area contributed by atoms with E-state index in [9.17, 15) is 13.2 Å². The van der Waals surface area contributed by atoms with Crippen LogP contribution in [0.25, 0.3) is 0 Å². The van der Waals surface area contributed by atoms with Crippen molar-refractivity contribution in [3.8, 4) is 0 Å². The van der Waals surface area contributed by atoms with Gasteiger partial charge in [-0.15, -0.1) is 0 Å². The molecule has 0 aliphatic heterocycles. The largest absolute Gasteiger partial charge is 0.321 e. The minimum Gasteiger partial charge on any atom is -0.321 e. The molecule has 4 rings (SSSR count). The molecule has 0 aliphatic carbocycles. The van der Waals surface area contributed by atoms with Crippen LogP contribution in [0.2, 0.25) is 0 Å². The quantitative estimate of drug-likeness (QED) is 0.311. The zero-order chi connectivity index (χ0) is 24.1. The SMILES string of the molecule is Cc1ccc(NS(=O)(=O)c2cc(C(=O)Nc3ccccc3Sc3ccccc3)ccc2C)cc1. The number of benzene rings is 4. The van der Waals surface area contributed by atoms with Gasteiger partial charge in [-0.3, -0.25) is 9.52 Å². The summed E-state index contributed by atoms with van der Waals surface area (Å²) < 4.78 is 28.7. The molecule has 0 saturated heterocycles. The Bertz CT molecular complexity index is 1420. The van der Waals surface area contributed by atoms with Crippen molar-refractivity contribution in [2.75, 3.05) is 10.0 Å². The van der Waals surface area contributed by atoms with Gasteiger partial charge in [0, 0.05) is 21.0 Å². The van der Waals surface area contributed by atoms with Crippen molar-refractivity contribution in [3.05, 3.63) is 114 Å². The fraction of sp³-hybridized carbons (Fsp3) is 0.0741. The first-order valence-corrected chi connectivity index (χ1v) is 13.0. The average molecular weight is 489 g/mol. The van der Waals surface area contributed by atoms with Gasteiger partial charge < -0.3 is 5.32 Å². The Balaban J connectivity index is 1.57. The first-order valence-electron chi connectivity index (χ1n) is 10.7. The average Bonchev–Trinajstić information content (AvgIpc) is 2.82. The van der Waals surface area contributed by atoms with Gasteiger partial charge in [0.25, 0.3) is 15.9 Å². The van der Waals surface area contributed by atoms with E-state index in [1.54, 1.807) is 43.0 Å². The van der Waals surface area contributed by atoms with Crippen molar-refractivity contribution in [2.24, 2.45) is 0 Å². The third-order valence-corrected chi connectivity index (χ3v) is 7.76. The second-order valence-corrected chi connectivity index (χ2v) is 10.6. The molecule has 34 heavy (non-hydrogen) atoms. The minimum absolute atomic E-state index is 0.0627. The Kier molecular flexibility index (Phi) is 7.05. The summed E-state index contributed by atoms with van der Waals surface area (Å²) in [5.74, 6) is -0.382. The van der Waals surface area contributed by atoms with E-state index in [0.717, 1.165) is 15.4 Å². The molecule has 0 bridgehead atoms. The van der Waals surface area contributed by atoms with Gasteiger partial charge in [-0.1, -0.05) is 65.9 Å². The Hall–Kier alpha value is -3.55. The van der Waals surface area contributed by atoms with Crippen molar-refractivity contribution < 1.29 is 13.2 Å². The lowest BCUT2D eigenvalue weighted by Gasteiger charge is -2.14. The number of nitrogens with one attached hydrogen (secondary N) is 2. The highest BCUT2D eigenvalue weighted by atomic mass is 32.2. The third-order valence-electron chi connectivity index (χ3n) is 5.15. The highest BCUT2D eigenvalue weighted by Crippen LogP contribution is 2.33. The summed E-state index contributed by atoms with van der Waals surface area (Å²) in [5.41, 5.74) is 2.96. The number of carbonyl (C=O) groups is 1. The van der Waals surface area contributed by atoms with Gasteiger partial charge in [0.2, 0.25) is 0 Å². The van der Waals surface area contributed by atoms with Crippen LogP contribution < -0.4 is 10.0 Å². The molecule has 7 heteroatoms. The van der Waals surface area contributed by atoms with Crippen LogP contribution in [-0.2, 0) is 10.0 Å². The standard InChI is InChI=1S/C27H24N2O3S2/c1-19-12-16-22(17-13-19)29-34(31,32)26-18-21(15-14-20(26)2)27(30)28-24-10-6-7-11-25(24)33-23-8-4-3-5-9-23/h3-18,29H,1-2H3,(H,28,30). The lowest BCUT2D eigenvalue weighted by atomic mass is 10.1. The van der Waals surface area contributed by atoms with Crippen LogP contribution in [-0.4, -0.2) is 14.3 Å². The Morgan fingerprint density at radius 2 is 1.47 bits per heavy atom. The molecule has 0 fully saturated rings. The van der Waals surface area contributed by atoms with E-state index < -0.39 is 10.0 Å². The number of carbonyl (C=O) groups excluding carboxylic acids is 1. The number of hydrogen-bond donors (Lipinski definition) is 2. The molecule has 5 nitrogen and oxygen atoms in total. The van der Waals surface area contributed by atoms with E-state index >= 15 is 0 Å². The number of amides is 1. The Morgan fingerprint density at radius 1 is 0.794 bits per heavy atom. The molecule has 1 amide bonds. The number of anilines is 2. The van der Waals surface area contributed by atoms with Crippen molar-refractivity contribution in [1.29, 1.82) is 0 Å². The molecule has 2 N–H and O–H groups in total.